The van der Waals surface area contributed by atoms with Crippen molar-refractivity contribution in [3.8, 4) is 0 Å². The smallest absolute Gasteiger partial charge is 0.234 e. The molecule has 0 unspecified atom stereocenters. The Morgan fingerprint density at radius 2 is 1.89 bits per heavy atom. The molecule has 18 heavy (non-hydrogen) atoms. The highest BCUT2D eigenvalue weighted by Gasteiger charge is 2.31. The SMILES string of the molecule is CCOCc1cccc(N2C(=O)CCC2=O)c1C. The second-order valence-corrected chi connectivity index (χ2v) is 4.32. The fraction of sp³-hybridized carbons (Fsp3) is 0.429. The maximum atomic E-state index is 11.7. The van der Waals surface area contributed by atoms with E-state index in [0.717, 1.165) is 11.1 Å². The predicted octanol–water partition coefficient (Wildman–Crippen LogP) is 2.18. The summed E-state index contributed by atoms with van der Waals surface area (Å²) in [4.78, 5) is 24.8. The van der Waals surface area contributed by atoms with E-state index in [0.29, 0.717) is 31.7 Å². The normalized spacial score (nSPS) is 15.6. The average molecular weight is 247 g/mol. The Labute approximate surface area is 107 Å². The molecule has 0 saturated carbocycles. The quantitative estimate of drug-likeness (QED) is 0.766. The zero-order chi connectivity index (χ0) is 13.1. The molecule has 1 heterocycles. The second kappa shape index (κ2) is 5.31. The molecule has 1 aliphatic heterocycles. The lowest BCUT2D eigenvalue weighted by molar-refractivity contribution is -0.121. The van der Waals surface area contributed by atoms with Crippen LogP contribution in [0.1, 0.15) is 30.9 Å². The summed E-state index contributed by atoms with van der Waals surface area (Å²) in [6.07, 6.45) is 0.627. The molecular weight excluding hydrogens is 230 g/mol. The van der Waals surface area contributed by atoms with Crippen molar-refractivity contribution in [1.82, 2.24) is 0 Å². The highest BCUT2D eigenvalue weighted by atomic mass is 16.5. The van der Waals surface area contributed by atoms with E-state index in [-0.39, 0.29) is 11.8 Å². The third-order valence-electron chi connectivity index (χ3n) is 3.17. The van der Waals surface area contributed by atoms with Crippen LogP contribution in [0.15, 0.2) is 18.2 Å². The number of benzene rings is 1. The van der Waals surface area contributed by atoms with E-state index in [4.69, 9.17) is 4.74 Å². The van der Waals surface area contributed by atoms with Crippen molar-refractivity contribution >= 4 is 17.5 Å². The van der Waals surface area contributed by atoms with Crippen LogP contribution in [0.3, 0.4) is 0 Å². The number of imide groups is 1. The van der Waals surface area contributed by atoms with Crippen LogP contribution in [0.2, 0.25) is 0 Å². The highest BCUT2D eigenvalue weighted by Crippen LogP contribution is 2.28. The number of anilines is 1. The van der Waals surface area contributed by atoms with Crippen LogP contribution in [0.4, 0.5) is 5.69 Å². The molecule has 0 aromatic heterocycles. The van der Waals surface area contributed by atoms with Crippen molar-refractivity contribution in [3.63, 3.8) is 0 Å². The first-order valence-corrected chi connectivity index (χ1v) is 6.17. The van der Waals surface area contributed by atoms with Gasteiger partial charge in [-0.2, -0.15) is 0 Å². The summed E-state index contributed by atoms with van der Waals surface area (Å²) in [5.41, 5.74) is 2.65. The fourth-order valence-electron chi connectivity index (χ4n) is 2.13. The van der Waals surface area contributed by atoms with E-state index in [1.165, 1.54) is 4.90 Å². The fourth-order valence-corrected chi connectivity index (χ4v) is 2.13. The Morgan fingerprint density at radius 1 is 1.22 bits per heavy atom. The lowest BCUT2D eigenvalue weighted by Gasteiger charge is -2.18. The van der Waals surface area contributed by atoms with Crippen molar-refractivity contribution in [3.05, 3.63) is 29.3 Å². The van der Waals surface area contributed by atoms with Gasteiger partial charge < -0.3 is 4.74 Å². The van der Waals surface area contributed by atoms with Crippen molar-refractivity contribution in [2.24, 2.45) is 0 Å². The zero-order valence-corrected chi connectivity index (χ0v) is 10.7. The summed E-state index contributed by atoms with van der Waals surface area (Å²) in [5, 5.41) is 0. The first-order chi connectivity index (χ1) is 8.65. The molecule has 4 heteroatoms. The van der Waals surface area contributed by atoms with E-state index in [9.17, 15) is 9.59 Å². The molecule has 1 saturated heterocycles. The maximum absolute atomic E-state index is 11.7. The average Bonchev–Trinajstić information content (AvgIpc) is 2.68. The molecule has 1 aromatic carbocycles. The Balaban J connectivity index is 2.33. The number of ether oxygens (including phenoxy) is 1. The van der Waals surface area contributed by atoms with Gasteiger partial charge in [-0.25, -0.2) is 0 Å². The molecule has 0 spiro atoms. The summed E-state index contributed by atoms with van der Waals surface area (Å²) >= 11 is 0. The van der Waals surface area contributed by atoms with Gasteiger partial charge in [-0.3, -0.25) is 14.5 Å². The minimum Gasteiger partial charge on any atom is -0.377 e. The number of nitrogens with zero attached hydrogens (tertiary/aromatic N) is 1. The van der Waals surface area contributed by atoms with E-state index in [1.807, 2.05) is 32.0 Å². The van der Waals surface area contributed by atoms with Crippen LogP contribution < -0.4 is 4.90 Å². The van der Waals surface area contributed by atoms with E-state index >= 15 is 0 Å². The number of carbonyl (C=O) groups excluding carboxylic acids is 2. The predicted molar refractivity (Wildman–Crippen MR) is 68.2 cm³/mol. The van der Waals surface area contributed by atoms with Crippen LogP contribution in [0.5, 0.6) is 0 Å². The van der Waals surface area contributed by atoms with Crippen LogP contribution in [-0.4, -0.2) is 18.4 Å². The van der Waals surface area contributed by atoms with Gasteiger partial charge >= 0.3 is 0 Å². The molecule has 4 nitrogen and oxygen atoms in total. The topological polar surface area (TPSA) is 46.6 Å². The van der Waals surface area contributed by atoms with Gasteiger partial charge in [-0.1, -0.05) is 12.1 Å². The molecular formula is C14H17NO3. The minimum absolute atomic E-state index is 0.114. The van der Waals surface area contributed by atoms with Crippen molar-refractivity contribution < 1.29 is 14.3 Å². The van der Waals surface area contributed by atoms with Gasteiger partial charge in [0.2, 0.25) is 11.8 Å². The Hall–Kier alpha value is -1.68. The summed E-state index contributed by atoms with van der Waals surface area (Å²) in [6, 6.07) is 5.63. The zero-order valence-electron chi connectivity index (χ0n) is 10.7. The lowest BCUT2D eigenvalue weighted by Crippen LogP contribution is -2.29. The number of hydrogen-bond donors (Lipinski definition) is 0. The van der Waals surface area contributed by atoms with Gasteiger partial charge in [-0.15, -0.1) is 0 Å². The van der Waals surface area contributed by atoms with Crippen molar-refractivity contribution in [2.45, 2.75) is 33.3 Å². The molecule has 96 valence electrons. The van der Waals surface area contributed by atoms with Gasteiger partial charge in [0.05, 0.1) is 12.3 Å². The molecule has 2 rings (SSSR count). The second-order valence-electron chi connectivity index (χ2n) is 4.32. The summed E-state index contributed by atoms with van der Waals surface area (Å²) in [7, 11) is 0. The van der Waals surface area contributed by atoms with Crippen molar-refractivity contribution in [1.29, 1.82) is 0 Å². The molecule has 2 amide bonds. The Bertz CT molecular complexity index is 466. The Morgan fingerprint density at radius 3 is 2.50 bits per heavy atom. The van der Waals surface area contributed by atoms with E-state index in [1.54, 1.807) is 0 Å². The first kappa shape index (κ1) is 12.8. The van der Waals surface area contributed by atoms with Gasteiger partial charge in [-0.05, 0) is 31.0 Å². The van der Waals surface area contributed by atoms with Gasteiger partial charge in [0.1, 0.15) is 0 Å². The number of carbonyl (C=O) groups is 2. The molecule has 1 aromatic rings. The summed E-state index contributed by atoms with van der Waals surface area (Å²) in [6.45, 7) is 5.01. The minimum atomic E-state index is -0.114. The molecule has 0 N–H and O–H groups in total. The molecule has 1 fully saturated rings. The van der Waals surface area contributed by atoms with Crippen LogP contribution >= 0.6 is 0 Å². The standard InChI is InChI=1S/C14H17NO3/c1-3-18-9-11-5-4-6-12(10(11)2)15-13(16)7-8-14(15)17/h4-6H,3,7-9H2,1-2H3. The molecule has 0 atom stereocenters. The van der Waals surface area contributed by atoms with Crippen LogP contribution in [0.25, 0.3) is 0 Å². The Kier molecular flexibility index (Phi) is 3.77. The highest BCUT2D eigenvalue weighted by molar-refractivity contribution is 6.20. The van der Waals surface area contributed by atoms with Crippen molar-refractivity contribution in [2.75, 3.05) is 11.5 Å². The molecule has 0 bridgehead atoms. The van der Waals surface area contributed by atoms with Crippen LogP contribution in [0, 0.1) is 6.92 Å². The number of hydrogen-bond acceptors (Lipinski definition) is 3. The lowest BCUT2D eigenvalue weighted by atomic mass is 10.1. The molecule has 1 aliphatic rings. The maximum Gasteiger partial charge on any atom is 0.234 e. The van der Waals surface area contributed by atoms with Crippen LogP contribution in [-0.2, 0) is 20.9 Å². The van der Waals surface area contributed by atoms with Gasteiger partial charge in [0.25, 0.3) is 0 Å². The number of amides is 2. The van der Waals surface area contributed by atoms with Gasteiger partial charge in [0.15, 0.2) is 0 Å². The van der Waals surface area contributed by atoms with E-state index in [2.05, 4.69) is 0 Å². The third kappa shape index (κ3) is 2.29. The monoisotopic (exact) mass is 247 g/mol. The largest absolute Gasteiger partial charge is 0.377 e. The number of rotatable bonds is 4. The molecule has 0 aliphatic carbocycles. The van der Waals surface area contributed by atoms with Gasteiger partial charge in [0, 0.05) is 19.4 Å². The summed E-state index contributed by atoms with van der Waals surface area (Å²) in [5.74, 6) is -0.228. The third-order valence-corrected chi connectivity index (χ3v) is 3.17. The summed E-state index contributed by atoms with van der Waals surface area (Å²) < 4.78 is 5.38. The molecule has 0 radical (unpaired) electrons. The van der Waals surface area contributed by atoms with E-state index < -0.39 is 0 Å². The first-order valence-electron chi connectivity index (χ1n) is 6.17.